The predicted octanol–water partition coefficient (Wildman–Crippen LogP) is 3.38. The van der Waals surface area contributed by atoms with Crippen molar-refractivity contribution in [2.45, 2.75) is 19.3 Å². The summed E-state index contributed by atoms with van der Waals surface area (Å²) >= 11 is 0. The zero-order valence-electron chi connectivity index (χ0n) is 14.9. The molecule has 1 fully saturated rings. The first-order chi connectivity index (χ1) is 13.1. The van der Waals surface area contributed by atoms with E-state index in [0.29, 0.717) is 25.3 Å². The molecule has 140 valence electrons. The summed E-state index contributed by atoms with van der Waals surface area (Å²) in [5.74, 6) is 0.183. The molecule has 2 aliphatic rings. The monoisotopic (exact) mass is 368 g/mol. The van der Waals surface area contributed by atoms with Crippen molar-refractivity contribution in [3.8, 4) is 5.75 Å². The van der Waals surface area contributed by atoms with Crippen molar-refractivity contribution in [3.05, 3.63) is 54.3 Å². The molecule has 0 bridgehead atoms. The number of fused-ring (bicyclic) bond motifs is 1. The number of ether oxygens (including phenoxy) is 1. The molecular weight excluding hydrogens is 347 g/mol. The third kappa shape index (κ3) is 3.79. The highest BCUT2D eigenvalue weighted by Gasteiger charge is 2.36. The maximum absolute atomic E-state index is 13.0. The number of nitrogens with zero attached hydrogens (tertiary/aromatic N) is 2. The number of amides is 2. The summed E-state index contributed by atoms with van der Waals surface area (Å²) < 4.78 is 18.5. The Balaban J connectivity index is 1.52. The Morgan fingerprint density at radius 3 is 2.26 bits per heavy atom. The Morgan fingerprint density at radius 2 is 1.59 bits per heavy atom. The molecule has 0 unspecified atom stereocenters. The maximum Gasteiger partial charge on any atom is 0.264 e. The summed E-state index contributed by atoms with van der Waals surface area (Å²) in [6.45, 7) is 0.989. The van der Waals surface area contributed by atoms with Crippen LogP contribution in [-0.4, -0.2) is 31.5 Å². The van der Waals surface area contributed by atoms with Gasteiger partial charge in [-0.3, -0.25) is 9.59 Å². The van der Waals surface area contributed by atoms with E-state index in [0.717, 1.165) is 24.2 Å². The molecule has 0 spiro atoms. The van der Waals surface area contributed by atoms with Crippen molar-refractivity contribution in [3.63, 3.8) is 0 Å². The van der Waals surface area contributed by atoms with Crippen molar-refractivity contribution in [1.29, 1.82) is 0 Å². The average molecular weight is 368 g/mol. The second kappa shape index (κ2) is 7.39. The van der Waals surface area contributed by atoms with E-state index in [1.807, 2.05) is 29.2 Å². The topological polar surface area (TPSA) is 49.9 Å². The van der Waals surface area contributed by atoms with Gasteiger partial charge in [-0.25, -0.2) is 4.39 Å². The molecule has 6 heteroatoms. The average Bonchev–Trinajstić information content (AvgIpc) is 3.53. The largest absolute Gasteiger partial charge is 0.484 e. The molecule has 0 saturated heterocycles. The Kier molecular flexibility index (Phi) is 4.79. The molecule has 5 nitrogen and oxygen atoms in total. The SMILES string of the molecule is O=C(COc1ccc(F)cc1)N1CCCN(C(=O)C2CC2)c2ccccc21. The number of halogens is 1. The van der Waals surface area contributed by atoms with E-state index in [-0.39, 0.29) is 30.2 Å². The Morgan fingerprint density at radius 1 is 0.963 bits per heavy atom. The van der Waals surface area contributed by atoms with E-state index in [2.05, 4.69) is 0 Å². The van der Waals surface area contributed by atoms with E-state index >= 15 is 0 Å². The van der Waals surface area contributed by atoms with Crippen LogP contribution >= 0.6 is 0 Å². The molecule has 4 rings (SSSR count). The van der Waals surface area contributed by atoms with Gasteiger partial charge < -0.3 is 14.5 Å². The van der Waals surface area contributed by atoms with Gasteiger partial charge in [-0.15, -0.1) is 0 Å². The van der Waals surface area contributed by atoms with E-state index < -0.39 is 0 Å². The molecule has 1 aliphatic heterocycles. The number of hydrogen-bond acceptors (Lipinski definition) is 3. The summed E-state index contributed by atoms with van der Waals surface area (Å²) in [6, 6.07) is 13.1. The van der Waals surface area contributed by atoms with Crippen LogP contribution in [0.15, 0.2) is 48.5 Å². The highest BCUT2D eigenvalue weighted by molar-refractivity contribution is 6.04. The van der Waals surface area contributed by atoms with Crippen LogP contribution in [0.25, 0.3) is 0 Å². The second-order valence-corrected chi connectivity index (χ2v) is 6.89. The molecule has 2 aromatic carbocycles. The van der Waals surface area contributed by atoms with Crippen LogP contribution in [0.2, 0.25) is 0 Å². The van der Waals surface area contributed by atoms with Crippen molar-refractivity contribution < 1.29 is 18.7 Å². The van der Waals surface area contributed by atoms with E-state index in [1.165, 1.54) is 24.3 Å². The summed E-state index contributed by atoms with van der Waals surface area (Å²) in [6.07, 6.45) is 2.60. The number of para-hydroxylation sites is 2. The minimum atomic E-state index is -0.351. The summed E-state index contributed by atoms with van der Waals surface area (Å²) in [5, 5.41) is 0. The smallest absolute Gasteiger partial charge is 0.264 e. The molecule has 0 aromatic heterocycles. The normalized spacial score (nSPS) is 16.5. The number of anilines is 2. The van der Waals surface area contributed by atoms with Crippen LogP contribution in [-0.2, 0) is 9.59 Å². The molecule has 0 atom stereocenters. The number of rotatable bonds is 4. The first-order valence-corrected chi connectivity index (χ1v) is 9.22. The van der Waals surface area contributed by atoms with Gasteiger partial charge >= 0.3 is 0 Å². The lowest BCUT2D eigenvalue weighted by molar-refractivity contribution is -0.121. The fraction of sp³-hybridized carbons (Fsp3) is 0.333. The van der Waals surface area contributed by atoms with E-state index in [9.17, 15) is 14.0 Å². The zero-order chi connectivity index (χ0) is 18.8. The van der Waals surface area contributed by atoms with Crippen LogP contribution in [0.4, 0.5) is 15.8 Å². The quantitative estimate of drug-likeness (QED) is 0.831. The minimum absolute atomic E-state index is 0.127. The molecule has 0 N–H and O–H groups in total. The van der Waals surface area contributed by atoms with E-state index in [1.54, 1.807) is 4.90 Å². The fourth-order valence-electron chi connectivity index (χ4n) is 3.34. The van der Waals surface area contributed by atoms with Gasteiger partial charge in [0.2, 0.25) is 5.91 Å². The van der Waals surface area contributed by atoms with Crippen LogP contribution < -0.4 is 14.5 Å². The molecule has 1 heterocycles. The third-order valence-electron chi connectivity index (χ3n) is 4.90. The van der Waals surface area contributed by atoms with E-state index in [4.69, 9.17) is 4.74 Å². The maximum atomic E-state index is 13.0. The standard InChI is InChI=1S/C21H21FN2O3/c22-16-8-10-17(11-9-16)27-14-20(25)23-12-3-13-24(21(26)15-6-7-15)19-5-2-1-4-18(19)23/h1-2,4-5,8-11,15H,3,6-7,12-14H2. The van der Waals surface area contributed by atoms with Crippen molar-refractivity contribution in [1.82, 2.24) is 0 Å². The first-order valence-electron chi connectivity index (χ1n) is 9.22. The van der Waals surface area contributed by atoms with Crippen molar-refractivity contribution in [2.24, 2.45) is 5.92 Å². The van der Waals surface area contributed by atoms with Crippen LogP contribution in [0, 0.1) is 11.7 Å². The number of benzene rings is 2. The molecule has 2 amide bonds. The zero-order valence-corrected chi connectivity index (χ0v) is 14.9. The van der Waals surface area contributed by atoms with Gasteiger partial charge in [-0.1, -0.05) is 12.1 Å². The Bertz CT molecular complexity index is 849. The molecule has 1 saturated carbocycles. The lowest BCUT2D eigenvalue weighted by Gasteiger charge is -2.25. The van der Waals surface area contributed by atoms with Gasteiger partial charge in [0.1, 0.15) is 11.6 Å². The van der Waals surface area contributed by atoms with Gasteiger partial charge in [0.15, 0.2) is 6.61 Å². The van der Waals surface area contributed by atoms with Gasteiger partial charge in [0.05, 0.1) is 11.4 Å². The lowest BCUT2D eigenvalue weighted by Crippen LogP contribution is -2.35. The van der Waals surface area contributed by atoms with Crippen LogP contribution in [0.1, 0.15) is 19.3 Å². The Labute approximate surface area is 157 Å². The molecule has 27 heavy (non-hydrogen) atoms. The van der Waals surface area contributed by atoms with Crippen molar-refractivity contribution in [2.75, 3.05) is 29.5 Å². The Hall–Kier alpha value is -2.89. The van der Waals surface area contributed by atoms with Gasteiger partial charge in [0, 0.05) is 19.0 Å². The van der Waals surface area contributed by atoms with Gasteiger partial charge in [-0.2, -0.15) is 0 Å². The number of carbonyl (C=O) groups is 2. The lowest BCUT2D eigenvalue weighted by atomic mass is 10.2. The molecule has 0 radical (unpaired) electrons. The molecule has 2 aromatic rings. The number of hydrogen-bond donors (Lipinski definition) is 0. The summed E-state index contributed by atoms with van der Waals surface area (Å²) in [7, 11) is 0. The third-order valence-corrected chi connectivity index (χ3v) is 4.90. The highest BCUT2D eigenvalue weighted by atomic mass is 19.1. The number of carbonyl (C=O) groups excluding carboxylic acids is 2. The highest BCUT2D eigenvalue weighted by Crippen LogP contribution is 2.37. The minimum Gasteiger partial charge on any atom is -0.484 e. The predicted molar refractivity (Wildman–Crippen MR) is 100 cm³/mol. The van der Waals surface area contributed by atoms with Gasteiger partial charge in [-0.05, 0) is 55.7 Å². The van der Waals surface area contributed by atoms with Gasteiger partial charge in [0.25, 0.3) is 5.91 Å². The van der Waals surface area contributed by atoms with Crippen LogP contribution in [0.3, 0.4) is 0 Å². The molecular formula is C21H21FN2O3. The fourth-order valence-corrected chi connectivity index (χ4v) is 3.34. The van der Waals surface area contributed by atoms with Crippen LogP contribution in [0.5, 0.6) is 5.75 Å². The van der Waals surface area contributed by atoms with Crippen molar-refractivity contribution >= 4 is 23.2 Å². The second-order valence-electron chi connectivity index (χ2n) is 6.89. The summed E-state index contributed by atoms with van der Waals surface area (Å²) in [4.78, 5) is 29.0. The molecule has 1 aliphatic carbocycles. The summed E-state index contributed by atoms with van der Waals surface area (Å²) in [5.41, 5.74) is 1.51. The first kappa shape index (κ1) is 17.5.